The van der Waals surface area contributed by atoms with Gasteiger partial charge in [0.15, 0.2) is 11.5 Å². The molecule has 0 radical (unpaired) electrons. The molecule has 7 nitrogen and oxygen atoms in total. The molecular formula is C16H10BrFN6O. The van der Waals surface area contributed by atoms with E-state index in [1.807, 2.05) is 24.3 Å². The number of nitrogens with two attached hydrogens (primary N) is 1. The van der Waals surface area contributed by atoms with Gasteiger partial charge in [-0.05, 0) is 48.5 Å². The van der Waals surface area contributed by atoms with Crippen LogP contribution in [-0.4, -0.2) is 25.1 Å². The molecule has 0 aliphatic heterocycles. The van der Waals surface area contributed by atoms with Crippen molar-refractivity contribution in [1.82, 2.24) is 25.1 Å². The van der Waals surface area contributed by atoms with Crippen molar-refractivity contribution in [2.75, 3.05) is 5.73 Å². The second-order valence-electron chi connectivity index (χ2n) is 5.14. The van der Waals surface area contributed by atoms with Gasteiger partial charge in [0.1, 0.15) is 5.82 Å². The van der Waals surface area contributed by atoms with E-state index in [9.17, 15) is 4.39 Å². The van der Waals surface area contributed by atoms with Crippen molar-refractivity contribution in [2.24, 2.45) is 0 Å². The average molecular weight is 401 g/mol. The van der Waals surface area contributed by atoms with Crippen LogP contribution in [0.4, 0.5) is 10.2 Å². The summed E-state index contributed by atoms with van der Waals surface area (Å²) in [4.78, 5) is 4.31. The number of nitrogen functional groups attached to an aromatic ring is 1. The number of hydrogen-bond donors (Lipinski definition) is 1. The third-order valence-electron chi connectivity index (χ3n) is 3.51. The highest BCUT2D eigenvalue weighted by Crippen LogP contribution is 2.26. The summed E-state index contributed by atoms with van der Waals surface area (Å²) in [7, 11) is 0. The van der Waals surface area contributed by atoms with Gasteiger partial charge in [-0.2, -0.15) is 9.67 Å². The Morgan fingerprint density at radius 3 is 2.48 bits per heavy atom. The van der Waals surface area contributed by atoms with Crippen LogP contribution < -0.4 is 5.73 Å². The molecule has 0 atom stereocenters. The van der Waals surface area contributed by atoms with E-state index in [1.54, 1.807) is 12.1 Å². The lowest BCUT2D eigenvalue weighted by Crippen LogP contribution is -2.02. The van der Waals surface area contributed by atoms with Gasteiger partial charge in [0.2, 0.25) is 5.82 Å². The van der Waals surface area contributed by atoms with Crippen molar-refractivity contribution >= 4 is 21.7 Å². The number of rotatable bonds is 3. The molecule has 0 saturated carbocycles. The molecule has 2 aromatic carbocycles. The topological polar surface area (TPSA) is 95.7 Å². The largest absolute Gasteiger partial charge is 0.382 e. The normalized spacial score (nSPS) is 11.0. The average Bonchev–Trinajstić information content (AvgIpc) is 3.23. The minimum atomic E-state index is -0.348. The standard InChI is InChI=1S/C16H10BrFN6O/c17-10-3-1-9(2-4-10)15-20-16(25-22-15)13-14(19)24(23-21-13)12-7-5-11(18)6-8-12/h1-8H,19H2. The number of nitrogens with zero attached hydrogens (tertiary/aromatic N) is 5. The van der Waals surface area contributed by atoms with Crippen LogP contribution in [0.2, 0.25) is 0 Å². The SMILES string of the molecule is Nc1c(-c2nc(-c3ccc(Br)cc3)no2)nnn1-c1ccc(F)cc1. The molecule has 0 bridgehead atoms. The van der Waals surface area contributed by atoms with E-state index >= 15 is 0 Å². The van der Waals surface area contributed by atoms with Crippen molar-refractivity contribution in [3.05, 3.63) is 58.8 Å². The molecule has 2 N–H and O–H groups in total. The molecule has 124 valence electrons. The summed E-state index contributed by atoms with van der Waals surface area (Å²) in [5.41, 5.74) is 7.72. The second kappa shape index (κ2) is 6.10. The summed E-state index contributed by atoms with van der Waals surface area (Å²) in [6, 6.07) is 13.2. The maximum Gasteiger partial charge on any atom is 0.282 e. The van der Waals surface area contributed by atoms with Crippen LogP contribution in [-0.2, 0) is 0 Å². The maximum atomic E-state index is 13.0. The van der Waals surface area contributed by atoms with Crippen molar-refractivity contribution in [1.29, 1.82) is 0 Å². The minimum absolute atomic E-state index is 0.156. The Balaban J connectivity index is 1.69. The lowest BCUT2D eigenvalue weighted by Gasteiger charge is -2.01. The highest BCUT2D eigenvalue weighted by molar-refractivity contribution is 9.10. The Labute approximate surface area is 149 Å². The van der Waals surface area contributed by atoms with E-state index in [0.717, 1.165) is 10.0 Å². The Bertz CT molecular complexity index is 1030. The highest BCUT2D eigenvalue weighted by Gasteiger charge is 2.19. The molecule has 0 fully saturated rings. The zero-order chi connectivity index (χ0) is 17.4. The Hall–Kier alpha value is -3.07. The first kappa shape index (κ1) is 15.5. The van der Waals surface area contributed by atoms with Crippen LogP contribution in [0.3, 0.4) is 0 Å². The van der Waals surface area contributed by atoms with Gasteiger partial charge in [-0.1, -0.05) is 26.3 Å². The van der Waals surface area contributed by atoms with Crippen molar-refractivity contribution in [2.45, 2.75) is 0 Å². The van der Waals surface area contributed by atoms with Gasteiger partial charge in [0.25, 0.3) is 5.89 Å². The molecule has 4 aromatic rings. The van der Waals surface area contributed by atoms with Gasteiger partial charge in [-0.15, -0.1) is 5.10 Å². The number of halogens is 2. The molecule has 0 amide bonds. The smallest absolute Gasteiger partial charge is 0.282 e. The fraction of sp³-hybridized carbons (Fsp3) is 0. The lowest BCUT2D eigenvalue weighted by molar-refractivity contribution is 0.431. The summed E-state index contributed by atoms with van der Waals surface area (Å²) in [6.45, 7) is 0. The fourth-order valence-corrected chi connectivity index (χ4v) is 2.51. The third kappa shape index (κ3) is 2.89. The summed E-state index contributed by atoms with van der Waals surface area (Å²) in [6.07, 6.45) is 0. The fourth-order valence-electron chi connectivity index (χ4n) is 2.25. The van der Waals surface area contributed by atoms with Crippen LogP contribution in [0.1, 0.15) is 0 Å². The summed E-state index contributed by atoms with van der Waals surface area (Å²) in [5, 5.41) is 11.9. The van der Waals surface area contributed by atoms with Gasteiger partial charge < -0.3 is 10.3 Å². The highest BCUT2D eigenvalue weighted by atomic mass is 79.9. The Kier molecular flexibility index (Phi) is 3.77. The van der Waals surface area contributed by atoms with Crippen LogP contribution in [0.25, 0.3) is 28.7 Å². The van der Waals surface area contributed by atoms with Gasteiger partial charge in [0.05, 0.1) is 5.69 Å². The van der Waals surface area contributed by atoms with Crippen LogP contribution in [0.15, 0.2) is 57.5 Å². The summed E-state index contributed by atoms with van der Waals surface area (Å²) in [5.74, 6) is 0.443. The molecule has 2 aromatic heterocycles. The first-order chi connectivity index (χ1) is 12.1. The predicted octanol–water partition coefficient (Wildman–Crippen LogP) is 3.47. The first-order valence-corrected chi connectivity index (χ1v) is 7.98. The second-order valence-corrected chi connectivity index (χ2v) is 6.06. The van der Waals surface area contributed by atoms with E-state index in [1.165, 1.54) is 16.8 Å². The maximum absolute atomic E-state index is 13.0. The summed E-state index contributed by atoms with van der Waals surface area (Å²) < 4.78 is 20.6. The van der Waals surface area contributed by atoms with Gasteiger partial charge >= 0.3 is 0 Å². The minimum Gasteiger partial charge on any atom is -0.382 e. The van der Waals surface area contributed by atoms with Crippen molar-refractivity contribution in [3.63, 3.8) is 0 Å². The van der Waals surface area contributed by atoms with Gasteiger partial charge in [-0.25, -0.2) is 4.39 Å². The Morgan fingerprint density at radius 2 is 1.76 bits per heavy atom. The molecule has 9 heteroatoms. The quantitative estimate of drug-likeness (QED) is 0.565. The molecule has 0 aliphatic rings. The number of hydrogen-bond acceptors (Lipinski definition) is 6. The molecule has 4 rings (SSSR count). The van der Waals surface area contributed by atoms with E-state index < -0.39 is 0 Å². The molecule has 0 spiro atoms. The van der Waals surface area contributed by atoms with Crippen LogP contribution in [0.5, 0.6) is 0 Å². The molecule has 0 unspecified atom stereocenters. The van der Waals surface area contributed by atoms with Crippen molar-refractivity contribution in [3.8, 4) is 28.7 Å². The first-order valence-electron chi connectivity index (χ1n) is 7.19. The van der Waals surface area contributed by atoms with E-state index in [-0.39, 0.29) is 23.2 Å². The van der Waals surface area contributed by atoms with E-state index in [0.29, 0.717) is 11.5 Å². The van der Waals surface area contributed by atoms with Crippen LogP contribution >= 0.6 is 15.9 Å². The number of benzene rings is 2. The molecule has 0 saturated heterocycles. The lowest BCUT2D eigenvalue weighted by atomic mass is 10.2. The molecule has 2 heterocycles. The zero-order valence-corrected chi connectivity index (χ0v) is 14.2. The Morgan fingerprint density at radius 1 is 1.04 bits per heavy atom. The number of aromatic nitrogens is 5. The molecule has 25 heavy (non-hydrogen) atoms. The van der Waals surface area contributed by atoms with Crippen molar-refractivity contribution < 1.29 is 8.91 Å². The molecule has 0 aliphatic carbocycles. The zero-order valence-electron chi connectivity index (χ0n) is 12.6. The predicted molar refractivity (Wildman–Crippen MR) is 92.2 cm³/mol. The van der Waals surface area contributed by atoms with E-state index in [4.69, 9.17) is 10.3 Å². The van der Waals surface area contributed by atoms with Crippen LogP contribution in [0, 0.1) is 5.82 Å². The number of anilines is 1. The van der Waals surface area contributed by atoms with Gasteiger partial charge in [-0.3, -0.25) is 0 Å². The van der Waals surface area contributed by atoms with Gasteiger partial charge in [0, 0.05) is 10.0 Å². The monoisotopic (exact) mass is 400 g/mol. The van der Waals surface area contributed by atoms with E-state index in [2.05, 4.69) is 36.4 Å². The molecular weight excluding hydrogens is 391 g/mol. The third-order valence-corrected chi connectivity index (χ3v) is 4.04. The summed E-state index contributed by atoms with van der Waals surface area (Å²) >= 11 is 3.37.